The molecule has 254 valence electrons. The molecule has 3 atom stereocenters. The summed E-state index contributed by atoms with van der Waals surface area (Å²) < 4.78 is 42.5. The predicted octanol–water partition coefficient (Wildman–Crippen LogP) is 4.08. The Hall–Kier alpha value is -3.26. The average Bonchev–Trinajstić information content (AvgIpc) is 3.45. The third-order valence-electron chi connectivity index (χ3n) is 9.60. The molecule has 0 aliphatic carbocycles. The topological polar surface area (TPSA) is 135 Å². The van der Waals surface area contributed by atoms with Crippen LogP contribution in [0, 0.1) is 12.7 Å². The van der Waals surface area contributed by atoms with Crippen LogP contribution in [0.1, 0.15) is 54.2 Å². The fourth-order valence-corrected chi connectivity index (χ4v) is 7.54. The number of halogens is 4. The van der Waals surface area contributed by atoms with E-state index in [9.17, 15) is 9.18 Å². The van der Waals surface area contributed by atoms with E-state index in [0.717, 1.165) is 19.4 Å². The molecule has 5 heterocycles. The molecule has 4 N–H and O–H groups in total. The van der Waals surface area contributed by atoms with Gasteiger partial charge in [-0.1, -0.05) is 23.2 Å². The second-order valence-corrected chi connectivity index (χ2v) is 13.7. The molecule has 4 aliphatic rings. The highest BCUT2D eigenvalue weighted by Crippen LogP contribution is 2.42. The number of nitrogen functional groups attached to an aromatic ring is 1. The van der Waals surface area contributed by atoms with Crippen molar-refractivity contribution in [2.24, 2.45) is 10.7 Å². The van der Waals surface area contributed by atoms with Gasteiger partial charge in [-0.25, -0.2) is 8.78 Å². The van der Waals surface area contributed by atoms with E-state index in [-0.39, 0.29) is 54.2 Å². The molecule has 0 radical (unpaired) electrons. The summed E-state index contributed by atoms with van der Waals surface area (Å²) in [5.41, 5.74) is 14.1. The summed E-state index contributed by atoms with van der Waals surface area (Å²) in [5.74, 6) is -0.443. The van der Waals surface area contributed by atoms with E-state index < -0.39 is 29.5 Å². The van der Waals surface area contributed by atoms with Crippen LogP contribution in [0.5, 0.6) is 6.01 Å². The summed E-state index contributed by atoms with van der Waals surface area (Å²) in [7, 11) is 3.19. The van der Waals surface area contributed by atoms with Gasteiger partial charge in [0.05, 0.1) is 46.9 Å². The molecule has 15 heteroatoms. The van der Waals surface area contributed by atoms with Gasteiger partial charge in [0, 0.05) is 62.7 Å². The number of aliphatic imine (C=N–C) groups is 1. The molecule has 1 amide bonds. The highest BCUT2D eigenvalue weighted by Gasteiger charge is 2.49. The van der Waals surface area contributed by atoms with Crippen LogP contribution < -0.4 is 21.1 Å². The fraction of sp³-hybridized carbons (Fsp3) is 0.562. The summed E-state index contributed by atoms with van der Waals surface area (Å²) in [4.78, 5) is 32.4. The van der Waals surface area contributed by atoms with Crippen LogP contribution in [-0.4, -0.2) is 96.5 Å². The molecular weight excluding hydrogens is 653 g/mol. The number of ether oxygens (including phenoxy) is 2. The van der Waals surface area contributed by atoms with Crippen LogP contribution in [0.2, 0.25) is 5.02 Å². The van der Waals surface area contributed by atoms with Gasteiger partial charge in [-0.05, 0) is 44.4 Å². The van der Waals surface area contributed by atoms with Crippen LogP contribution in [0.3, 0.4) is 0 Å². The van der Waals surface area contributed by atoms with E-state index in [1.54, 1.807) is 21.0 Å². The van der Waals surface area contributed by atoms with Gasteiger partial charge in [-0.2, -0.15) is 9.97 Å². The number of nitrogens with two attached hydrogens (primary N) is 2. The SMILES string of the molecule is Cc1c(Cl)cc(N)c(F)c1C1Cc2nc(OC[C@@]34CCCN3C[C@H](F)C4)nc(N3CCCN=C(/C(Cl)=C(\N)C(=O)N(C)C)C3)c2CO1. The zero-order valence-corrected chi connectivity index (χ0v) is 28.3. The molecule has 2 fully saturated rings. The number of alkyl halides is 1. The number of amides is 1. The lowest BCUT2D eigenvalue weighted by atomic mass is 9.94. The van der Waals surface area contributed by atoms with E-state index in [1.165, 1.54) is 11.0 Å². The van der Waals surface area contributed by atoms with Crippen molar-refractivity contribution in [3.63, 3.8) is 0 Å². The number of carbonyl (C=O) groups is 1. The van der Waals surface area contributed by atoms with Gasteiger partial charge < -0.3 is 30.7 Å². The number of hydrogen-bond donors (Lipinski definition) is 2. The lowest BCUT2D eigenvalue weighted by Crippen LogP contribution is -2.43. The van der Waals surface area contributed by atoms with Crippen molar-refractivity contribution in [3.8, 4) is 6.01 Å². The van der Waals surface area contributed by atoms with Crippen molar-refractivity contribution in [1.82, 2.24) is 19.8 Å². The molecule has 47 heavy (non-hydrogen) atoms. The van der Waals surface area contributed by atoms with Gasteiger partial charge in [0.25, 0.3) is 5.91 Å². The second kappa shape index (κ2) is 13.3. The molecular formula is C32H40Cl2F2N8O3. The molecule has 2 saturated heterocycles. The Bertz CT molecular complexity index is 1610. The zero-order chi connectivity index (χ0) is 33.6. The molecule has 6 rings (SSSR count). The zero-order valence-electron chi connectivity index (χ0n) is 26.8. The first-order chi connectivity index (χ1) is 22.4. The smallest absolute Gasteiger partial charge is 0.318 e. The Labute approximate surface area is 282 Å². The predicted molar refractivity (Wildman–Crippen MR) is 177 cm³/mol. The van der Waals surface area contributed by atoms with E-state index in [2.05, 4.69) is 9.89 Å². The summed E-state index contributed by atoms with van der Waals surface area (Å²) >= 11 is 13.0. The van der Waals surface area contributed by atoms with Gasteiger partial charge in [-0.3, -0.25) is 14.7 Å². The summed E-state index contributed by atoms with van der Waals surface area (Å²) in [6.07, 6.45) is 1.49. The van der Waals surface area contributed by atoms with Crippen molar-refractivity contribution in [2.45, 2.75) is 63.4 Å². The second-order valence-electron chi connectivity index (χ2n) is 13.0. The Morgan fingerprint density at radius 2 is 2.06 bits per heavy atom. The highest BCUT2D eigenvalue weighted by atomic mass is 35.5. The van der Waals surface area contributed by atoms with Crippen LogP contribution in [0.4, 0.5) is 20.3 Å². The molecule has 0 spiro atoms. The first kappa shape index (κ1) is 33.6. The van der Waals surface area contributed by atoms with Crippen molar-refractivity contribution >= 4 is 46.3 Å². The number of carbonyl (C=O) groups excluding carboxylic acids is 1. The van der Waals surface area contributed by atoms with E-state index in [1.807, 2.05) is 4.90 Å². The maximum Gasteiger partial charge on any atom is 0.318 e. The minimum absolute atomic E-state index is 0.0613. The largest absolute Gasteiger partial charge is 0.461 e. The summed E-state index contributed by atoms with van der Waals surface area (Å²) in [5, 5.41) is 0.426. The molecule has 1 aromatic carbocycles. The van der Waals surface area contributed by atoms with Gasteiger partial charge in [0.15, 0.2) is 5.82 Å². The quantitative estimate of drug-likeness (QED) is 0.325. The molecule has 0 saturated carbocycles. The van der Waals surface area contributed by atoms with Crippen molar-refractivity contribution in [2.75, 3.05) is 64.1 Å². The average molecular weight is 694 g/mol. The summed E-state index contributed by atoms with van der Waals surface area (Å²) in [6.45, 7) is 4.53. The number of hydrogen-bond acceptors (Lipinski definition) is 10. The Morgan fingerprint density at radius 3 is 2.83 bits per heavy atom. The van der Waals surface area contributed by atoms with Crippen LogP contribution in [-0.2, 0) is 22.6 Å². The van der Waals surface area contributed by atoms with Crippen molar-refractivity contribution in [1.29, 1.82) is 0 Å². The molecule has 2 aromatic rings. The lowest BCUT2D eigenvalue weighted by molar-refractivity contribution is -0.124. The summed E-state index contributed by atoms with van der Waals surface area (Å²) in [6, 6.07) is 1.53. The van der Waals surface area contributed by atoms with E-state index >= 15 is 4.39 Å². The van der Waals surface area contributed by atoms with Crippen LogP contribution in [0.25, 0.3) is 0 Å². The van der Waals surface area contributed by atoms with Gasteiger partial charge >= 0.3 is 6.01 Å². The standard InChI is InChI=1S/C32H40Cl2F2N8O3/c1-17-20(33)10-21(37)27(36)25(17)24-11-22-19(15-46-24)29(41-31(40-22)47-16-32-6-4-9-44(32)13-18(35)12-32)43-8-5-7-39-23(14-43)26(34)28(38)30(45)42(2)3/h10,18,24H,4-9,11-16,37-38H2,1-3H3/b28-26+/t18-,24?,32+/m1/s1. The Morgan fingerprint density at radius 1 is 1.28 bits per heavy atom. The lowest BCUT2D eigenvalue weighted by Gasteiger charge is -2.33. The minimum Gasteiger partial charge on any atom is -0.461 e. The molecule has 1 aromatic heterocycles. The Balaban J connectivity index is 1.37. The van der Waals surface area contributed by atoms with Gasteiger partial charge in [0.1, 0.15) is 24.3 Å². The number of anilines is 2. The fourth-order valence-electron chi connectivity index (χ4n) is 7.12. The molecule has 1 unspecified atom stereocenters. The number of nitrogens with zero attached hydrogens (tertiary/aromatic N) is 6. The monoisotopic (exact) mass is 692 g/mol. The third kappa shape index (κ3) is 6.47. The number of rotatable bonds is 7. The van der Waals surface area contributed by atoms with Crippen LogP contribution in [0.15, 0.2) is 21.8 Å². The van der Waals surface area contributed by atoms with Crippen LogP contribution >= 0.6 is 23.2 Å². The normalized spacial score (nSPS) is 25.1. The maximum absolute atomic E-state index is 15.4. The molecule has 4 aliphatic heterocycles. The first-order valence-electron chi connectivity index (χ1n) is 15.8. The number of fused-ring (bicyclic) bond motifs is 2. The Kier molecular flexibility index (Phi) is 9.54. The van der Waals surface area contributed by atoms with Gasteiger partial charge in [-0.15, -0.1) is 0 Å². The number of likely N-dealkylation sites (N-methyl/N-ethyl adjacent to an activating group) is 1. The minimum atomic E-state index is -0.903. The van der Waals surface area contributed by atoms with Crippen molar-refractivity contribution in [3.05, 3.63) is 50.0 Å². The van der Waals surface area contributed by atoms with Crippen molar-refractivity contribution < 1.29 is 23.0 Å². The van der Waals surface area contributed by atoms with Gasteiger partial charge in [0.2, 0.25) is 0 Å². The number of aromatic nitrogens is 2. The van der Waals surface area contributed by atoms with E-state index in [4.69, 9.17) is 54.1 Å². The molecule has 0 bridgehead atoms. The molecule has 11 nitrogen and oxygen atoms in total. The maximum atomic E-state index is 15.4. The first-order valence-corrected chi connectivity index (χ1v) is 16.6. The highest BCUT2D eigenvalue weighted by molar-refractivity contribution is 6.45. The van der Waals surface area contributed by atoms with E-state index in [0.29, 0.717) is 65.8 Å². The number of benzene rings is 1. The third-order valence-corrected chi connectivity index (χ3v) is 10.4.